The fraction of sp³-hybridized carbons (Fsp3) is 0.600. The van der Waals surface area contributed by atoms with E-state index in [1.165, 1.54) is 35.1 Å². The van der Waals surface area contributed by atoms with Gasteiger partial charge < -0.3 is 9.80 Å². The largest absolute Gasteiger partial charge is 0.339 e. The molecule has 0 aromatic carbocycles. The topological polar surface area (TPSA) is 98.8 Å². The summed E-state index contributed by atoms with van der Waals surface area (Å²) in [6.45, 7) is 3.53. The highest BCUT2D eigenvalue weighted by Crippen LogP contribution is 2.28. The molecule has 0 bridgehead atoms. The Morgan fingerprint density at radius 1 is 0.931 bits per heavy atom. The molecule has 9 heteroatoms. The van der Waals surface area contributed by atoms with Crippen molar-refractivity contribution >= 4 is 35.0 Å². The van der Waals surface area contributed by atoms with Gasteiger partial charge in [0.15, 0.2) is 0 Å². The molecule has 2 aliphatic rings. The molecule has 0 spiro atoms. The van der Waals surface area contributed by atoms with Crippen LogP contribution in [-0.2, 0) is 27.2 Å². The Hall–Kier alpha value is -2.42. The number of amides is 4. The Balaban J connectivity index is 1.38. The quantitative estimate of drug-likeness (QED) is 0.566. The lowest BCUT2D eigenvalue weighted by atomic mass is 10.1. The number of nitrogens with one attached hydrogen (secondary N) is 2. The number of nitrogens with zero attached hydrogens (tertiary/aromatic N) is 2. The van der Waals surface area contributed by atoms with Crippen molar-refractivity contribution < 1.29 is 19.2 Å². The minimum Gasteiger partial charge on any atom is -0.339 e. The predicted molar refractivity (Wildman–Crippen MR) is 109 cm³/mol. The summed E-state index contributed by atoms with van der Waals surface area (Å²) in [6.07, 6.45) is 5.64. The van der Waals surface area contributed by atoms with E-state index >= 15 is 0 Å². The summed E-state index contributed by atoms with van der Waals surface area (Å²) in [5.74, 6) is -0.818. The Morgan fingerprint density at radius 2 is 1.62 bits per heavy atom. The molecule has 0 saturated carbocycles. The van der Waals surface area contributed by atoms with Crippen molar-refractivity contribution in [2.24, 2.45) is 0 Å². The van der Waals surface area contributed by atoms with Crippen LogP contribution in [0.4, 0.5) is 0 Å². The van der Waals surface area contributed by atoms with E-state index in [0.717, 1.165) is 25.7 Å². The lowest BCUT2D eigenvalue weighted by Crippen LogP contribution is -2.50. The molecule has 1 saturated heterocycles. The highest BCUT2D eigenvalue weighted by molar-refractivity contribution is 7.14. The van der Waals surface area contributed by atoms with E-state index in [1.807, 2.05) is 6.07 Å². The molecule has 1 aromatic rings. The van der Waals surface area contributed by atoms with Crippen LogP contribution in [0.15, 0.2) is 6.07 Å². The smallest absolute Gasteiger partial charge is 0.279 e. The molecule has 0 radical (unpaired) electrons. The molecule has 0 unspecified atom stereocenters. The van der Waals surface area contributed by atoms with Crippen LogP contribution in [0.25, 0.3) is 0 Å². The fourth-order valence-electron chi connectivity index (χ4n) is 3.68. The lowest BCUT2D eigenvalue weighted by molar-refractivity contribution is -0.139. The zero-order valence-corrected chi connectivity index (χ0v) is 17.6. The summed E-state index contributed by atoms with van der Waals surface area (Å²) in [6, 6.07) is 1.93. The summed E-state index contributed by atoms with van der Waals surface area (Å²) in [5, 5.41) is 0. The lowest BCUT2D eigenvalue weighted by Gasteiger charge is -2.34. The van der Waals surface area contributed by atoms with Crippen molar-refractivity contribution in [1.82, 2.24) is 20.7 Å². The second-order valence-electron chi connectivity index (χ2n) is 7.51. The molecule has 2 heterocycles. The minimum absolute atomic E-state index is 0.00692. The van der Waals surface area contributed by atoms with Crippen LogP contribution in [0.1, 0.15) is 59.1 Å². The molecule has 158 valence electrons. The summed E-state index contributed by atoms with van der Waals surface area (Å²) in [5.41, 5.74) is 6.10. The molecule has 0 atom stereocenters. The molecule has 2 N–H and O–H groups in total. The van der Waals surface area contributed by atoms with Crippen molar-refractivity contribution in [3.8, 4) is 0 Å². The first-order valence-electron chi connectivity index (χ1n) is 10.2. The van der Waals surface area contributed by atoms with Crippen molar-refractivity contribution in [2.45, 2.75) is 51.9 Å². The van der Waals surface area contributed by atoms with Crippen LogP contribution in [0.2, 0.25) is 0 Å². The van der Waals surface area contributed by atoms with E-state index in [-0.39, 0.29) is 30.6 Å². The van der Waals surface area contributed by atoms with E-state index in [2.05, 4.69) is 10.9 Å². The first-order chi connectivity index (χ1) is 13.9. The number of carbonyl (C=O) groups is 4. The Labute approximate surface area is 174 Å². The van der Waals surface area contributed by atoms with E-state index in [0.29, 0.717) is 31.1 Å². The highest BCUT2D eigenvalue weighted by atomic mass is 32.1. The van der Waals surface area contributed by atoms with Crippen molar-refractivity contribution in [2.75, 3.05) is 26.2 Å². The average Bonchev–Trinajstić information content (AvgIpc) is 3.00. The zero-order chi connectivity index (χ0) is 20.8. The SMILES string of the molecule is CC(=O)N1CCN(C(=O)CCC(=O)NNC(=O)c2cc3c(s2)CCCCC3)CC1. The van der Waals surface area contributed by atoms with Crippen LogP contribution < -0.4 is 10.9 Å². The predicted octanol–water partition coefficient (Wildman–Crippen LogP) is 1.25. The third-order valence-corrected chi connectivity index (χ3v) is 6.67. The maximum Gasteiger partial charge on any atom is 0.279 e. The van der Waals surface area contributed by atoms with Crippen LogP contribution in [0, 0.1) is 0 Å². The third kappa shape index (κ3) is 5.79. The third-order valence-electron chi connectivity index (χ3n) is 5.43. The van der Waals surface area contributed by atoms with Crippen molar-refractivity contribution in [1.29, 1.82) is 0 Å². The molecule has 8 nitrogen and oxygen atoms in total. The number of aryl methyl sites for hydroxylation is 2. The zero-order valence-electron chi connectivity index (χ0n) is 16.8. The van der Waals surface area contributed by atoms with Crippen LogP contribution in [-0.4, -0.2) is 59.6 Å². The minimum atomic E-state index is -0.396. The monoisotopic (exact) mass is 420 g/mol. The number of hydrogen-bond acceptors (Lipinski definition) is 5. The molecule has 29 heavy (non-hydrogen) atoms. The molecule has 1 fully saturated rings. The van der Waals surface area contributed by atoms with E-state index < -0.39 is 5.91 Å². The highest BCUT2D eigenvalue weighted by Gasteiger charge is 2.23. The van der Waals surface area contributed by atoms with Gasteiger partial charge in [0.05, 0.1) is 4.88 Å². The van der Waals surface area contributed by atoms with Gasteiger partial charge in [0.2, 0.25) is 17.7 Å². The standard InChI is InChI=1S/C20H28N4O4S/c1-14(25)23-9-11-24(12-10-23)19(27)8-7-18(26)21-22-20(28)17-13-15-5-3-2-4-6-16(15)29-17/h13H,2-12H2,1H3,(H,21,26)(H,22,28). The Bertz CT molecular complexity index is 760. The van der Waals surface area contributed by atoms with Crippen LogP contribution >= 0.6 is 11.3 Å². The first-order valence-corrected chi connectivity index (χ1v) is 11.0. The van der Waals surface area contributed by atoms with Gasteiger partial charge in [0, 0.05) is 50.8 Å². The van der Waals surface area contributed by atoms with Gasteiger partial charge in [-0.15, -0.1) is 11.3 Å². The van der Waals surface area contributed by atoms with E-state index in [9.17, 15) is 19.2 Å². The van der Waals surface area contributed by atoms with Gasteiger partial charge in [0.1, 0.15) is 0 Å². The van der Waals surface area contributed by atoms with Gasteiger partial charge in [-0.05, 0) is 37.3 Å². The number of hydrogen-bond donors (Lipinski definition) is 2. The van der Waals surface area contributed by atoms with E-state index in [4.69, 9.17) is 0 Å². The van der Waals surface area contributed by atoms with Crippen molar-refractivity contribution in [3.05, 3.63) is 21.4 Å². The molecule has 1 aliphatic carbocycles. The maximum atomic E-state index is 12.3. The molecule has 3 rings (SSSR count). The number of carbonyl (C=O) groups excluding carboxylic acids is 4. The van der Waals surface area contributed by atoms with E-state index in [1.54, 1.807) is 9.80 Å². The van der Waals surface area contributed by atoms with Gasteiger partial charge in [0.25, 0.3) is 5.91 Å². The molecule has 4 amide bonds. The summed E-state index contributed by atoms with van der Waals surface area (Å²) in [4.78, 5) is 53.1. The van der Waals surface area contributed by atoms with Crippen LogP contribution in [0.5, 0.6) is 0 Å². The second kappa shape index (κ2) is 9.87. The summed E-state index contributed by atoms with van der Waals surface area (Å²) in [7, 11) is 0. The number of hydrazine groups is 1. The van der Waals surface area contributed by atoms with Crippen LogP contribution in [0.3, 0.4) is 0 Å². The molecular weight excluding hydrogens is 392 g/mol. The number of fused-ring (bicyclic) bond motifs is 1. The maximum absolute atomic E-state index is 12.3. The van der Waals surface area contributed by atoms with Gasteiger partial charge in [-0.3, -0.25) is 30.0 Å². The Kier molecular flexibility index (Phi) is 7.24. The normalized spacial score (nSPS) is 16.6. The Morgan fingerprint density at radius 3 is 2.34 bits per heavy atom. The molecule has 1 aromatic heterocycles. The first kappa shape index (κ1) is 21.3. The van der Waals surface area contributed by atoms with Gasteiger partial charge in [-0.1, -0.05) is 6.42 Å². The number of piperazine rings is 1. The summed E-state index contributed by atoms with van der Waals surface area (Å²) >= 11 is 1.50. The molecule has 1 aliphatic heterocycles. The van der Waals surface area contributed by atoms with Gasteiger partial charge in [-0.25, -0.2) is 0 Å². The summed E-state index contributed by atoms with van der Waals surface area (Å²) < 4.78 is 0. The average molecular weight is 421 g/mol. The van der Waals surface area contributed by atoms with Gasteiger partial charge >= 0.3 is 0 Å². The number of thiophene rings is 1. The van der Waals surface area contributed by atoms with Crippen molar-refractivity contribution in [3.63, 3.8) is 0 Å². The fourth-order valence-corrected chi connectivity index (χ4v) is 4.83. The van der Waals surface area contributed by atoms with Gasteiger partial charge in [-0.2, -0.15) is 0 Å². The number of rotatable bonds is 4. The molecular formula is C20H28N4O4S. The second-order valence-corrected chi connectivity index (χ2v) is 8.65.